The maximum absolute atomic E-state index is 11.7. The van der Waals surface area contributed by atoms with Gasteiger partial charge in [-0.2, -0.15) is 0 Å². The first-order chi connectivity index (χ1) is 8.59. The van der Waals surface area contributed by atoms with E-state index in [1.54, 1.807) is 0 Å². The fourth-order valence-electron chi connectivity index (χ4n) is 2.22. The van der Waals surface area contributed by atoms with Crippen LogP contribution in [0.5, 0.6) is 0 Å². The number of aryl methyl sites for hydroxylation is 1. The molecular formula is C15H22N2O. The Morgan fingerprint density at radius 1 is 1.28 bits per heavy atom. The van der Waals surface area contributed by atoms with Crippen LogP contribution < -0.4 is 10.6 Å². The third-order valence-electron chi connectivity index (χ3n) is 4.02. The van der Waals surface area contributed by atoms with E-state index in [2.05, 4.69) is 43.5 Å². The van der Waals surface area contributed by atoms with Crippen LogP contribution >= 0.6 is 0 Å². The van der Waals surface area contributed by atoms with E-state index < -0.39 is 0 Å². The van der Waals surface area contributed by atoms with E-state index in [1.807, 2.05) is 0 Å². The molecule has 0 saturated carbocycles. The first kappa shape index (κ1) is 13.1. The summed E-state index contributed by atoms with van der Waals surface area (Å²) in [6.07, 6.45) is 0.916. The monoisotopic (exact) mass is 246 g/mol. The van der Waals surface area contributed by atoms with Crippen LogP contribution in [0.25, 0.3) is 0 Å². The highest BCUT2D eigenvalue weighted by Crippen LogP contribution is 2.17. The Hall–Kier alpha value is -1.35. The number of carbonyl (C=O) groups is 1. The summed E-state index contributed by atoms with van der Waals surface area (Å²) < 4.78 is 0. The van der Waals surface area contributed by atoms with E-state index in [1.165, 1.54) is 22.3 Å². The minimum atomic E-state index is 0.186. The minimum Gasteiger partial charge on any atom is -0.355 e. The predicted octanol–water partition coefficient (Wildman–Crippen LogP) is 1.49. The zero-order valence-corrected chi connectivity index (χ0v) is 11.5. The smallest absolute Gasteiger partial charge is 0.225 e. The zero-order chi connectivity index (χ0) is 13.1. The standard InChI is InChI=1S/C15H22N2O/c1-10-4-5-13(12(3)11(10)2)6-7-17-15(18)14-8-16-9-14/h4-5,14,16H,6-9H2,1-3H3,(H,17,18). The van der Waals surface area contributed by atoms with Crippen LogP contribution in [0, 0.1) is 26.7 Å². The van der Waals surface area contributed by atoms with Crippen LogP contribution in [0.3, 0.4) is 0 Å². The summed E-state index contributed by atoms with van der Waals surface area (Å²) in [5.41, 5.74) is 5.39. The molecule has 1 aromatic rings. The van der Waals surface area contributed by atoms with Gasteiger partial charge in [-0.1, -0.05) is 12.1 Å². The van der Waals surface area contributed by atoms with Crippen LogP contribution in [-0.2, 0) is 11.2 Å². The third-order valence-corrected chi connectivity index (χ3v) is 4.02. The van der Waals surface area contributed by atoms with Gasteiger partial charge in [0.15, 0.2) is 0 Å². The van der Waals surface area contributed by atoms with Crippen LogP contribution in [-0.4, -0.2) is 25.5 Å². The Morgan fingerprint density at radius 2 is 2.00 bits per heavy atom. The number of hydrogen-bond donors (Lipinski definition) is 2. The van der Waals surface area contributed by atoms with Crippen LogP contribution in [0.4, 0.5) is 0 Å². The van der Waals surface area contributed by atoms with E-state index in [9.17, 15) is 4.79 Å². The molecule has 1 aliphatic heterocycles. The summed E-state index contributed by atoms with van der Waals surface area (Å²) in [5.74, 6) is 0.376. The fourth-order valence-corrected chi connectivity index (χ4v) is 2.22. The van der Waals surface area contributed by atoms with E-state index in [0.717, 1.165) is 26.1 Å². The van der Waals surface area contributed by atoms with Crippen molar-refractivity contribution >= 4 is 5.91 Å². The van der Waals surface area contributed by atoms with Crippen molar-refractivity contribution in [3.63, 3.8) is 0 Å². The van der Waals surface area contributed by atoms with Gasteiger partial charge in [-0.25, -0.2) is 0 Å². The highest BCUT2D eigenvalue weighted by molar-refractivity contribution is 5.79. The molecule has 1 aliphatic rings. The van der Waals surface area contributed by atoms with Crippen molar-refractivity contribution in [3.8, 4) is 0 Å². The first-order valence-corrected chi connectivity index (χ1v) is 6.63. The minimum absolute atomic E-state index is 0.186. The molecule has 0 spiro atoms. The third kappa shape index (κ3) is 2.72. The summed E-state index contributed by atoms with van der Waals surface area (Å²) in [5, 5.41) is 6.13. The lowest BCUT2D eigenvalue weighted by Gasteiger charge is -2.25. The molecule has 0 aromatic heterocycles. The highest BCUT2D eigenvalue weighted by Gasteiger charge is 2.24. The van der Waals surface area contributed by atoms with Crippen molar-refractivity contribution in [2.24, 2.45) is 5.92 Å². The highest BCUT2D eigenvalue weighted by atomic mass is 16.2. The SMILES string of the molecule is Cc1ccc(CCNC(=O)C2CNC2)c(C)c1C. The lowest BCUT2D eigenvalue weighted by atomic mass is 9.97. The average Bonchev–Trinajstić information content (AvgIpc) is 2.27. The van der Waals surface area contributed by atoms with Crippen LogP contribution in [0.2, 0.25) is 0 Å². The molecule has 0 bridgehead atoms. The number of nitrogens with one attached hydrogen (secondary N) is 2. The molecule has 2 N–H and O–H groups in total. The van der Waals surface area contributed by atoms with Crippen LogP contribution in [0.15, 0.2) is 12.1 Å². The van der Waals surface area contributed by atoms with Crippen molar-refractivity contribution in [1.82, 2.24) is 10.6 Å². The van der Waals surface area contributed by atoms with Gasteiger partial charge in [0.1, 0.15) is 0 Å². The summed E-state index contributed by atoms with van der Waals surface area (Å²) in [6, 6.07) is 4.34. The summed E-state index contributed by atoms with van der Waals surface area (Å²) in [7, 11) is 0. The van der Waals surface area contributed by atoms with Gasteiger partial charge in [0.05, 0.1) is 5.92 Å². The van der Waals surface area contributed by atoms with Gasteiger partial charge in [0.2, 0.25) is 5.91 Å². The number of amides is 1. The average molecular weight is 246 g/mol. The Labute approximate surface area is 109 Å². The molecule has 0 atom stereocenters. The predicted molar refractivity (Wildman–Crippen MR) is 73.7 cm³/mol. The second-order valence-corrected chi connectivity index (χ2v) is 5.19. The molecular weight excluding hydrogens is 224 g/mol. The van der Waals surface area contributed by atoms with E-state index in [4.69, 9.17) is 0 Å². The second-order valence-electron chi connectivity index (χ2n) is 5.19. The Bertz CT molecular complexity index is 450. The van der Waals surface area contributed by atoms with E-state index >= 15 is 0 Å². The molecule has 1 fully saturated rings. The van der Waals surface area contributed by atoms with E-state index in [-0.39, 0.29) is 11.8 Å². The van der Waals surface area contributed by atoms with Crippen molar-refractivity contribution in [1.29, 1.82) is 0 Å². The fraction of sp³-hybridized carbons (Fsp3) is 0.533. The van der Waals surface area contributed by atoms with Gasteiger partial charge in [-0.15, -0.1) is 0 Å². The molecule has 0 unspecified atom stereocenters. The number of carbonyl (C=O) groups excluding carboxylic acids is 1. The lowest BCUT2D eigenvalue weighted by molar-refractivity contribution is -0.126. The van der Waals surface area contributed by atoms with Gasteiger partial charge < -0.3 is 10.6 Å². The topological polar surface area (TPSA) is 41.1 Å². The summed E-state index contributed by atoms with van der Waals surface area (Å²) in [4.78, 5) is 11.7. The van der Waals surface area contributed by atoms with Gasteiger partial charge in [0, 0.05) is 19.6 Å². The van der Waals surface area contributed by atoms with Crippen molar-refractivity contribution < 1.29 is 4.79 Å². The molecule has 1 heterocycles. The van der Waals surface area contributed by atoms with Gasteiger partial charge in [-0.05, 0) is 49.4 Å². The summed E-state index contributed by atoms with van der Waals surface area (Å²) >= 11 is 0. The van der Waals surface area contributed by atoms with Gasteiger partial charge in [0.25, 0.3) is 0 Å². The quantitative estimate of drug-likeness (QED) is 0.845. The van der Waals surface area contributed by atoms with Gasteiger partial charge >= 0.3 is 0 Å². The maximum Gasteiger partial charge on any atom is 0.225 e. The van der Waals surface area contributed by atoms with Crippen molar-refractivity contribution in [2.45, 2.75) is 27.2 Å². The number of hydrogen-bond acceptors (Lipinski definition) is 2. The molecule has 0 radical (unpaired) electrons. The first-order valence-electron chi connectivity index (χ1n) is 6.63. The lowest BCUT2D eigenvalue weighted by Crippen LogP contribution is -2.51. The van der Waals surface area contributed by atoms with Crippen LogP contribution in [0.1, 0.15) is 22.3 Å². The molecule has 0 aliphatic carbocycles. The van der Waals surface area contributed by atoms with Gasteiger partial charge in [-0.3, -0.25) is 4.79 Å². The Balaban J connectivity index is 1.86. The molecule has 1 aromatic carbocycles. The second kappa shape index (κ2) is 5.53. The largest absolute Gasteiger partial charge is 0.355 e. The Morgan fingerprint density at radius 3 is 2.61 bits per heavy atom. The molecule has 2 rings (SSSR count). The Kier molecular flexibility index (Phi) is 4.02. The molecule has 1 amide bonds. The molecule has 3 heteroatoms. The maximum atomic E-state index is 11.7. The number of benzene rings is 1. The number of rotatable bonds is 4. The van der Waals surface area contributed by atoms with Crippen molar-refractivity contribution in [2.75, 3.05) is 19.6 Å². The summed E-state index contributed by atoms with van der Waals surface area (Å²) in [6.45, 7) is 8.85. The normalized spacial score (nSPS) is 15.3. The van der Waals surface area contributed by atoms with Crippen molar-refractivity contribution in [3.05, 3.63) is 34.4 Å². The molecule has 98 valence electrons. The molecule has 1 saturated heterocycles. The molecule has 18 heavy (non-hydrogen) atoms. The zero-order valence-electron chi connectivity index (χ0n) is 11.5. The molecule has 3 nitrogen and oxygen atoms in total. The van der Waals surface area contributed by atoms with E-state index in [0.29, 0.717) is 0 Å².